The molecule has 6 heteroatoms. The van der Waals surface area contributed by atoms with Crippen molar-refractivity contribution in [2.45, 2.75) is 31.0 Å². The smallest absolute Gasteiger partial charge is 0.494 e. The Morgan fingerprint density at radius 3 is 2.58 bits per heavy atom. The highest BCUT2D eigenvalue weighted by Crippen LogP contribution is 2.51. The maximum atomic E-state index is 9.43. The first-order valence-electron chi connectivity index (χ1n) is 8.68. The lowest BCUT2D eigenvalue weighted by Gasteiger charge is -2.47. The third kappa shape index (κ3) is 2.74. The summed E-state index contributed by atoms with van der Waals surface area (Å²) in [4.78, 5) is 0. The minimum Gasteiger partial charge on any atom is -0.496 e. The van der Waals surface area contributed by atoms with Gasteiger partial charge in [-0.3, -0.25) is 0 Å². The number of nitrogens with zero attached hydrogens (tertiary/aromatic N) is 1. The molecular formula is C20H20BNO4. The third-order valence-corrected chi connectivity index (χ3v) is 5.21. The summed E-state index contributed by atoms with van der Waals surface area (Å²) in [5, 5.41) is 9.43. The van der Waals surface area contributed by atoms with Crippen molar-refractivity contribution in [2.75, 3.05) is 14.2 Å². The summed E-state index contributed by atoms with van der Waals surface area (Å²) in [6.07, 6.45) is 1.31. The Morgan fingerprint density at radius 1 is 1.15 bits per heavy atom. The Bertz CT molecular complexity index is 851. The van der Waals surface area contributed by atoms with E-state index in [1.165, 1.54) is 0 Å². The zero-order valence-electron chi connectivity index (χ0n) is 14.9. The van der Waals surface area contributed by atoms with E-state index in [1.54, 1.807) is 14.2 Å². The number of hydrogen-bond acceptors (Lipinski definition) is 5. The van der Waals surface area contributed by atoms with Gasteiger partial charge in [-0.25, -0.2) is 0 Å². The molecule has 1 aliphatic heterocycles. The van der Waals surface area contributed by atoms with Crippen LogP contribution in [-0.4, -0.2) is 26.9 Å². The SMILES string of the molecule is COc1ccc(OC)c2c1C[C@@]1(CC#N)C[C@@H]2OB(c2ccccc2)O1. The average molecular weight is 349 g/mol. The lowest BCUT2D eigenvalue weighted by molar-refractivity contribution is -0.0620. The predicted octanol–water partition coefficient (Wildman–Crippen LogP) is 2.79. The van der Waals surface area contributed by atoms with E-state index in [2.05, 4.69) is 6.07 Å². The van der Waals surface area contributed by atoms with Gasteiger partial charge >= 0.3 is 7.12 Å². The maximum Gasteiger partial charge on any atom is 0.494 e. The van der Waals surface area contributed by atoms with E-state index in [0.717, 1.165) is 28.1 Å². The van der Waals surface area contributed by atoms with Crippen LogP contribution in [0.4, 0.5) is 0 Å². The first-order chi connectivity index (χ1) is 12.7. The fraction of sp³-hybridized carbons (Fsp3) is 0.350. The number of ether oxygens (including phenoxy) is 2. The molecule has 0 amide bonds. The lowest BCUT2D eigenvalue weighted by Crippen LogP contribution is -2.55. The quantitative estimate of drug-likeness (QED) is 0.795. The predicted molar refractivity (Wildman–Crippen MR) is 97.6 cm³/mol. The normalized spacial score (nSPS) is 23.7. The zero-order valence-corrected chi connectivity index (χ0v) is 14.9. The zero-order chi connectivity index (χ0) is 18.1. The Labute approximate surface area is 153 Å². The van der Waals surface area contributed by atoms with Gasteiger partial charge in [0.1, 0.15) is 11.5 Å². The van der Waals surface area contributed by atoms with E-state index >= 15 is 0 Å². The molecule has 5 nitrogen and oxygen atoms in total. The molecule has 2 aromatic rings. The van der Waals surface area contributed by atoms with E-state index < -0.39 is 12.7 Å². The number of methoxy groups -OCH3 is 2. The summed E-state index contributed by atoms with van der Waals surface area (Å²) in [6, 6.07) is 15.9. The van der Waals surface area contributed by atoms with E-state index in [9.17, 15) is 5.26 Å². The molecule has 1 saturated heterocycles. The summed E-state index contributed by atoms with van der Waals surface area (Å²) in [5.74, 6) is 1.56. The van der Waals surface area contributed by atoms with Gasteiger partial charge in [0.2, 0.25) is 0 Å². The van der Waals surface area contributed by atoms with Gasteiger partial charge in [-0.2, -0.15) is 5.26 Å². The summed E-state index contributed by atoms with van der Waals surface area (Å²) < 4.78 is 23.8. The molecule has 132 valence electrons. The van der Waals surface area contributed by atoms with Gasteiger partial charge in [-0.15, -0.1) is 0 Å². The van der Waals surface area contributed by atoms with E-state index in [0.29, 0.717) is 19.3 Å². The van der Waals surface area contributed by atoms with E-state index in [-0.39, 0.29) is 6.10 Å². The van der Waals surface area contributed by atoms with Crippen LogP contribution in [0, 0.1) is 11.3 Å². The van der Waals surface area contributed by atoms with Crippen LogP contribution >= 0.6 is 0 Å². The highest BCUT2D eigenvalue weighted by Gasteiger charge is 2.51. The van der Waals surface area contributed by atoms with Gasteiger partial charge in [0.25, 0.3) is 0 Å². The molecule has 1 aliphatic carbocycles. The van der Waals surface area contributed by atoms with Crippen molar-refractivity contribution >= 4 is 12.6 Å². The maximum absolute atomic E-state index is 9.43. The monoisotopic (exact) mass is 349 g/mol. The van der Waals surface area contributed by atoms with Crippen LogP contribution in [0.3, 0.4) is 0 Å². The molecule has 0 aromatic heterocycles. The number of nitriles is 1. The first kappa shape index (κ1) is 17.0. The molecule has 0 spiro atoms. The van der Waals surface area contributed by atoms with Crippen molar-refractivity contribution in [1.82, 2.24) is 0 Å². The van der Waals surface area contributed by atoms with Gasteiger partial charge < -0.3 is 18.8 Å². The van der Waals surface area contributed by atoms with Gasteiger partial charge in [-0.05, 0) is 17.6 Å². The largest absolute Gasteiger partial charge is 0.496 e. The van der Waals surface area contributed by atoms with Crippen LogP contribution in [0.2, 0.25) is 0 Å². The minimum absolute atomic E-state index is 0.212. The molecule has 0 unspecified atom stereocenters. The van der Waals surface area contributed by atoms with Crippen LogP contribution < -0.4 is 14.9 Å². The second-order valence-corrected chi connectivity index (χ2v) is 6.75. The Balaban J connectivity index is 1.82. The summed E-state index contributed by atoms with van der Waals surface area (Å²) in [6.45, 7) is 0. The van der Waals surface area contributed by atoms with Crippen LogP contribution in [-0.2, 0) is 15.7 Å². The van der Waals surface area contributed by atoms with Crippen molar-refractivity contribution in [2.24, 2.45) is 0 Å². The number of benzene rings is 2. The van der Waals surface area contributed by atoms with E-state index in [1.807, 2.05) is 42.5 Å². The highest BCUT2D eigenvalue weighted by molar-refractivity contribution is 6.61. The molecule has 2 atom stereocenters. The summed E-state index contributed by atoms with van der Waals surface area (Å²) in [5.41, 5.74) is 2.37. The van der Waals surface area contributed by atoms with Crippen LogP contribution in [0.25, 0.3) is 0 Å². The Hall–Kier alpha value is -2.49. The molecule has 2 aromatic carbocycles. The number of fused-ring (bicyclic) bond motifs is 4. The van der Waals surface area contributed by atoms with Crippen molar-refractivity contribution in [1.29, 1.82) is 5.26 Å². The van der Waals surface area contributed by atoms with Gasteiger partial charge in [-0.1, -0.05) is 30.3 Å². The highest BCUT2D eigenvalue weighted by atomic mass is 16.6. The molecule has 2 aliphatic rings. The molecule has 4 rings (SSSR count). The second-order valence-electron chi connectivity index (χ2n) is 6.75. The van der Waals surface area contributed by atoms with Crippen molar-refractivity contribution < 1.29 is 18.8 Å². The van der Waals surface area contributed by atoms with Crippen LogP contribution in [0.5, 0.6) is 11.5 Å². The second kappa shape index (κ2) is 6.67. The topological polar surface area (TPSA) is 60.7 Å². The standard InChI is InChI=1S/C20H20BNO4/c1-23-16-8-9-17(24-2)19-15(16)12-20(10-11-22)13-18(19)25-21(26-20)14-6-4-3-5-7-14/h3-9,18H,10,12-13H2,1-2H3/t18-,20-/m0/s1. The Morgan fingerprint density at radius 2 is 1.88 bits per heavy atom. The molecule has 0 radical (unpaired) electrons. The molecule has 0 N–H and O–H groups in total. The van der Waals surface area contributed by atoms with Crippen LogP contribution in [0.15, 0.2) is 42.5 Å². The minimum atomic E-state index is -0.592. The van der Waals surface area contributed by atoms with Gasteiger partial charge in [0, 0.05) is 24.0 Å². The first-order valence-corrected chi connectivity index (χ1v) is 8.68. The fourth-order valence-electron chi connectivity index (χ4n) is 4.05. The number of hydrogen-bond donors (Lipinski definition) is 0. The molecular weight excluding hydrogens is 329 g/mol. The molecule has 2 bridgehead atoms. The molecule has 1 fully saturated rings. The fourth-order valence-corrected chi connectivity index (χ4v) is 4.05. The van der Waals surface area contributed by atoms with Crippen molar-refractivity contribution in [3.8, 4) is 17.6 Å². The van der Waals surface area contributed by atoms with Crippen LogP contribution in [0.1, 0.15) is 30.1 Å². The van der Waals surface area contributed by atoms with Gasteiger partial charge in [0.15, 0.2) is 0 Å². The van der Waals surface area contributed by atoms with Gasteiger partial charge in [0.05, 0.1) is 38.4 Å². The average Bonchev–Trinajstić information content (AvgIpc) is 2.67. The number of rotatable bonds is 4. The molecule has 1 heterocycles. The molecule has 0 saturated carbocycles. The lowest BCUT2D eigenvalue weighted by atomic mass is 9.68. The molecule has 26 heavy (non-hydrogen) atoms. The van der Waals surface area contributed by atoms with Crippen molar-refractivity contribution in [3.63, 3.8) is 0 Å². The summed E-state index contributed by atoms with van der Waals surface area (Å²) >= 11 is 0. The van der Waals surface area contributed by atoms with Crippen molar-refractivity contribution in [3.05, 3.63) is 53.6 Å². The third-order valence-electron chi connectivity index (χ3n) is 5.21. The van der Waals surface area contributed by atoms with E-state index in [4.69, 9.17) is 18.8 Å². The Kier molecular flexibility index (Phi) is 4.35. The summed E-state index contributed by atoms with van der Waals surface area (Å²) in [7, 11) is 2.80.